The fourth-order valence-corrected chi connectivity index (χ4v) is 2.61. The molecule has 0 aliphatic heterocycles. The number of anilines is 2. The lowest BCUT2D eigenvalue weighted by atomic mass is 10.1. The van der Waals surface area contributed by atoms with Crippen LogP contribution in [0.25, 0.3) is 5.65 Å². The molecule has 0 radical (unpaired) electrons. The number of rotatable bonds is 5. The Balaban J connectivity index is 1.70. The van der Waals surface area contributed by atoms with Gasteiger partial charge in [0.25, 0.3) is 5.91 Å². The monoisotopic (exact) mass is 350 g/mol. The first-order valence-electron chi connectivity index (χ1n) is 8.28. The Bertz CT molecular complexity index is 1010. The minimum atomic E-state index is -0.313. The van der Waals surface area contributed by atoms with Gasteiger partial charge in [0.2, 0.25) is 0 Å². The van der Waals surface area contributed by atoms with Crippen LogP contribution >= 0.6 is 0 Å². The number of carbonyl (C=O) groups is 1. The molecular weight excluding hydrogens is 332 g/mol. The van der Waals surface area contributed by atoms with Gasteiger partial charge in [-0.15, -0.1) is 0 Å². The van der Waals surface area contributed by atoms with Gasteiger partial charge < -0.3 is 15.8 Å². The van der Waals surface area contributed by atoms with E-state index in [1.54, 1.807) is 54.6 Å². The van der Waals surface area contributed by atoms with Gasteiger partial charge in [0, 0.05) is 43.0 Å². The fourth-order valence-electron chi connectivity index (χ4n) is 2.61. The van der Waals surface area contributed by atoms with E-state index in [9.17, 15) is 4.79 Å². The molecule has 1 saturated carbocycles. The standard InChI is InChI=1S/C18H18N6O2/c1-20-9-11-7-13(16(8-14(11)19)26-12-3-4-12)18(25)23-15-10-22-24-6-2-5-21-17(15)24/h2,5-10,12H,3-4,19H2,1H3,(H,23,25). The van der Waals surface area contributed by atoms with E-state index in [0.717, 1.165) is 12.8 Å². The Morgan fingerprint density at radius 2 is 2.31 bits per heavy atom. The predicted molar refractivity (Wildman–Crippen MR) is 99.0 cm³/mol. The molecule has 3 N–H and O–H groups in total. The molecule has 2 heterocycles. The van der Waals surface area contributed by atoms with Crippen LogP contribution < -0.4 is 15.8 Å². The number of fused-ring (bicyclic) bond motifs is 1. The highest BCUT2D eigenvalue weighted by Gasteiger charge is 2.26. The van der Waals surface area contributed by atoms with Crippen LogP contribution in [0.2, 0.25) is 0 Å². The van der Waals surface area contributed by atoms with Crippen molar-refractivity contribution in [2.45, 2.75) is 18.9 Å². The number of carbonyl (C=O) groups excluding carboxylic acids is 1. The highest BCUT2D eigenvalue weighted by molar-refractivity contribution is 6.09. The van der Waals surface area contributed by atoms with Gasteiger partial charge in [-0.3, -0.25) is 9.79 Å². The van der Waals surface area contributed by atoms with Crippen LogP contribution in [0.3, 0.4) is 0 Å². The third-order valence-corrected chi connectivity index (χ3v) is 4.04. The van der Waals surface area contributed by atoms with Crippen molar-refractivity contribution >= 4 is 29.1 Å². The molecule has 1 aliphatic carbocycles. The van der Waals surface area contributed by atoms with E-state index >= 15 is 0 Å². The zero-order chi connectivity index (χ0) is 18.1. The number of nitrogens with two attached hydrogens (primary N) is 1. The van der Waals surface area contributed by atoms with E-state index in [1.165, 1.54) is 0 Å². The summed E-state index contributed by atoms with van der Waals surface area (Å²) in [5.41, 5.74) is 8.73. The molecule has 26 heavy (non-hydrogen) atoms. The third-order valence-electron chi connectivity index (χ3n) is 4.04. The average molecular weight is 350 g/mol. The van der Waals surface area contributed by atoms with Gasteiger partial charge in [0.05, 0.1) is 17.9 Å². The second-order valence-electron chi connectivity index (χ2n) is 6.08. The van der Waals surface area contributed by atoms with E-state index in [0.29, 0.717) is 33.9 Å². The summed E-state index contributed by atoms with van der Waals surface area (Å²) in [7, 11) is 1.65. The van der Waals surface area contributed by atoms with E-state index in [-0.39, 0.29) is 12.0 Å². The minimum absolute atomic E-state index is 0.144. The molecule has 0 saturated heterocycles. The second kappa shape index (κ2) is 6.47. The Morgan fingerprint density at radius 3 is 3.08 bits per heavy atom. The van der Waals surface area contributed by atoms with Crippen LogP contribution in [-0.4, -0.2) is 39.9 Å². The van der Waals surface area contributed by atoms with Gasteiger partial charge >= 0.3 is 0 Å². The summed E-state index contributed by atoms with van der Waals surface area (Å²) in [5.74, 6) is 0.159. The number of aliphatic imine (C=N–C) groups is 1. The number of benzene rings is 1. The first-order valence-corrected chi connectivity index (χ1v) is 8.28. The average Bonchev–Trinajstić information content (AvgIpc) is 3.36. The summed E-state index contributed by atoms with van der Waals surface area (Å²) >= 11 is 0. The molecule has 2 aromatic heterocycles. The minimum Gasteiger partial charge on any atom is -0.490 e. The van der Waals surface area contributed by atoms with E-state index in [4.69, 9.17) is 10.5 Å². The SMILES string of the molecule is CN=Cc1cc(C(=O)Nc2cnn3cccnc23)c(OC2CC2)cc1N. The van der Waals surface area contributed by atoms with E-state index in [1.807, 2.05) is 0 Å². The van der Waals surface area contributed by atoms with Gasteiger partial charge in [-0.1, -0.05) is 0 Å². The number of amides is 1. The van der Waals surface area contributed by atoms with Gasteiger partial charge in [0.1, 0.15) is 11.4 Å². The van der Waals surface area contributed by atoms with Crippen LogP contribution in [0.15, 0.2) is 41.8 Å². The van der Waals surface area contributed by atoms with Crippen molar-refractivity contribution in [3.63, 3.8) is 0 Å². The molecule has 0 bridgehead atoms. The summed E-state index contributed by atoms with van der Waals surface area (Å²) in [6.07, 6.45) is 8.70. The van der Waals surface area contributed by atoms with E-state index < -0.39 is 0 Å². The van der Waals surface area contributed by atoms with Crippen molar-refractivity contribution in [2.75, 3.05) is 18.1 Å². The highest BCUT2D eigenvalue weighted by Crippen LogP contribution is 2.32. The number of nitrogens with zero attached hydrogens (tertiary/aromatic N) is 4. The van der Waals surface area contributed by atoms with Crippen molar-refractivity contribution in [2.24, 2.45) is 4.99 Å². The topological polar surface area (TPSA) is 107 Å². The summed E-state index contributed by atoms with van der Waals surface area (Å²) < 4.78 is 7.47. The molecule has 0 spiro atoms. The summed E-state index contributed by atoms with van der Waals surface area (Å²) in [6, 6.07) is 5.14. The summed E-state index contributed by atoms with van der Waals surface area (Å²) in [4.78, 5) is 21.1. The molecule has 0 unspecified atom stereocenters. The number of nitrogen functional groups attached to an aromatic ring is 1. The summed E-state index contributed by atoms with van der Waals surface area (Å²) in [6.45, 7) is 0. The third kappa shape index (κ3) is 3.08. The van der Waals surface area contributed by atoms with Crippen LogP contribution in [0.5, 0.6) is 5.75 Å². The van der Waals surface area contributed by atoms with E-state index in [2.05, 4.69) is 20.4 Å². The van der Waals surface area contributed by atoms with Crippen LogP contribution in [-0.2, 0) is 0 Å². The van der Waals surface area contributed by atoms with Crippen molar-refractivity contribution in [3.05, 3.63) is 47.9 Å². The van der Waals surface area contributed by atoms with Gasteiger partial charge in [0.15, 0.2) is 5.65 Å². The molecule has 3 aromatic rings. The highest BCUT2D eigenvalue weighted by atomic mass is 16.5. The molecule has 132 valence electrons. The number of nitrogens with one attached hydrogen (secondary N) is 1. The zero-order valence-corrected chi connectivity index (χ0v) is 14.2. The number of ether oxygens (including phenoxy) is 1. The molecule has 1 aliphatic rings. The smallest absolute Gasteiger partial charge is 0.259 e. The van der Waals surface area contributed by atoms with Crippen LogP contribution in [0, 0.1) is 0 Å². The van der Waals surface area contributed by atoms with Crippen molar-refractivity contribution in [1.29, 1.82) is 0 Å². The van der Waals surface area contributed by atoms with Crippen LogP contribution in [0.4, 0.5) is 11.4 Å². The molecule has 1 aromatic carbocycles. The molecule has 8 nitrogen and oxygen atoms in total. The first kappa shape index (κ1) is 16.1. The maximum Gasteiger partial charge on any atom is 0.259 e. The Labute approximate surface area is 149 Å². The lowest BCUT2D eigenvalue weighted by molar-refractivity contribution is 0.102. The van der Waals surface area contributed by atoms with Crippen molar-refractivity contribution in [3.8, 4) is 5.75 Å². The zero-order valence-electron chi connectivity index (χ0n) is 14.2. The number of hydrogen-bond donors (Lipinski definition) is 2. The molecule has 4 rings (SSSR count). The molecule has 8 heteroatoms. The maximum absolute atomic E-state index is 12.9. The molecular formula is C18H18N6O2. The van der Waals surface area contributed by atoms with Gasteiger partial charge in [-0.25, -0.2) is 9.50 Å². The molecule has 0 atom stereocenters. The Morgan fingerprint density at radius 1 is 1.46 bits per heavy atom. The van der Waals surface area contributed by atoms with Gasteiger partial charge in [-0.2, -0.15) is 5.10 Å². The predicted octanol–water partition coefficient (Wildman–Crippen LogP) is 2.15. The Kier molecular flexibility index (Phi) is 4.00. The fraction of sp³-hybridized carbons (Fsp3) is 0.222. The lowest BCUT2D eigenvalue weighted by Crippen LogP contribution is -2.15. The van der Waals surface area contributed by atoms with Crippen LogP contribution in [0.1, 0.15) is 28.8 Å². The number of aromatic nitrogens is 3. The van der Waals surface area contributed by atoms with Crippen molar-refractivity contribution < 1.29 is 9.53 Å². The molecule has 1 amide bonds. The normalized spacial score (nSPS) is 14.0. The first-order chi connectivity index (χ1) is 12.7. The lowest BCUT2D eigenvalue weighted by Gasteiger charge is -2.13. The largest absolute Gasteiger partial charge is 0.490 e. The quantitative estimate of drug-likeness (QED) is 0.542. The second-order valence-corrected chi connectivity index (χ2v) is 6.08. The summed E-state index contributed by atoms with van der Waals surface area (Å²) in [5, 5.41) is 7.03. The van der Waals surface area contributed by atoms with Crippen molar-refractivity contribution in [1.82, 2.24) is 14.6 Å². The Hall–Kier alpha value is -3.42. The maximum atomic E-state index is 12.9. The molecule has 1 fully saturated rings. The number of hydrogen-bond acceptors (Lipinski definition) is 6. The van der Waals surface area contributed by atoms with Gasteiger partial charge in [-0.05, 0) is 25.0 Å².